The molecule has 1 atom stereocenters. The number of thiophene rings is 1. The zero-order chi connectivity index (χ0) is 16.6. The van der Waals surface area contributed by atoms with Crippen LogP contribution in [0.5, 0.6) is 0 Å². The van der Waals surface area contributed by atoms with Crippen LogP contribution in [0.3, 0.4) is 0 Å². The minimum atomic E-state index is 0. The molecule has 25 heavy (non-hydrogen) atoms. The first-order valence-corrected chi connectivity index (χ1v) is 9.31. The molecule has 2 aromatic rings. The van der Waals surface area contributed by atoms with Crippen LogP contribution in [0.25, 0.3) is 0 Å². The highest BCUT2D eigenvalue weighted by atomic mass is 127. The molecule has 1 aliphatic carbocycles. The van der Waals surface area contributed by atoms with Gasteiger partial charge in [-0.05, 0) is 42.3 Å². The van der Waals surface area contributed by atoms with Gasteiger partial charge in [-0.15, -0.1) is 35.3 Å². The molecule has 2 N–H and O–H groups in total. The lowest BCUT2D eigenvalue weighted by Crippen LogP contribution is -2.47. The number of ether oxygens (including phenoxy) is 1. The van der Waals surface area contributed by atoms with Crippen molar-refractivity contribution in [2.75, 3.05) is 20.3 Å². The molecule has 0 radical (unpaired) electrons. The number of hydrogen-bond donors (Lipinski definition) is 2. The normalized spacial score (nSPS) is 15.5. The highest BCUT2D eigenvalue weighted by Crippen LogP contribution is 2.32. The predicted molar refractivity (Wildman–Crippen MR) is 113 cm³/mol. The van der Waals surface area contributed by atoms with Crippen molar-refractivity contribution < 1.29 is 9.15 Å². The second-order valence-electron chi connectivity index (χ2n) is 6.04. The quantitative estimate of drug-likeness (QED) is 0.330. The Kier molecular flexibility index (Phi) is 8.77. The molecule has 0 aliphatic heterocycles. The van der Waals surface area contributed by atoms with E-state index in [0.717, 1.165) is 24.7 Å². The molecule has 0 amide bonds. The summed E-state index contributed by atoms with van der Waals surface area (Å²) in [4.78, 5) is 6.00. The third kappa shape index (κ3) is 6.99. The number of guanidine groups is 1. The van der Waals surface area contributed by atoms with Crippen LogP contribution in [-0.2, 0) is 17.7 Å². The number of hydrogen-bond acceptors (Lipinski definition) is 4. The Morgan fingerprint density at radius 2 is 2.28 bits per heavy atom. The number of aliphatic imine (C=N–C) groups is 1. The van der Waals surface area contributed by atoms with Gasteiger partial charge in [0.05, 0.1) is 25.5 Å². The van der Waals surface area contributed by atoms with Gasteiger partial charge in [-0.2, -0.15) is 0 Å². The number of halogens is 1. The summed E-state index contributed by atoms with van der Waals surface area (Å²) >= 11 is 1.73. The number of nitrogens with one attached hydrogen (secondary N) is 2. The van der Waals surface area contributed by atoms with E-state index >= 15 is 0 Å². The van der Waals surface area contributed by atoms with Gasteiger partial charge in [-0.1, -0.05) is 6.07 Å². The van der Waals surface area contributed by atoms with E-state index in [4.69, 9.17) is 14.1 Å². The molecule has 0 bridgehead atoms. The molecule has 1 saturated carbocycles. The monoisotopic (exact) mass is 475 g/mol. The first kappa shape index (κ1) is 20.3. The minimum absolute atomic E-state index is 0. The SMILES string of the molecule is COCC(NC(=NCc1cccs1)NCCc1ccco1)C1CC1.I. The average Bonchev–Trinajstić information content (AvgIpc) is 3.07. The molecule has 0 saturated heterocycles. The van der Waals surface area contributed by atoms with Crippen molar-refractivity contribution in [3.05, 3.63) is 46.5 Å². The average molecular weight is 475 g/mol. The third-order valence-corrected chi connectivity index (χ3v) is 4.94. The van der Waals surface area contributed by atoms with Gasteiger partial charge in [-0.3, -0.25) is 0 Å². The highest BCUT2D eigenvalue weighted by Gasteiger charge is 2.31. The molecule has 3 rings (SSSR count). The molecule has 5 nitrogen and oxygen atoms in total. The molecule has 1 unspecified atom stereocenters. The lowest BCUT2D eigenvalue weighted by molar-refractivity contribution is 0.165. The Bertz CT molecular complexity index is 612. The van der Waals surface area contributed by atoms with Crippen LogP contribution in [-0.4, -0.2) is 32.3 Å². The Labute approximate surface area is 170 Å². The Morgan fingerprint density at radius 3 is 2.92 bits per heavy atom. The molecule has 2 aromatic heterocycles. The van der Waals surface area contributed by atoms with Crippen molar-refractivity contribution in [1.82, 2.24) is 10.6 Å². The summed E-state index contributed by atoms with van der Waals surface area (Å²) in [6.07, 6.45) is 5.09. The van der Waals surface area contributed by atoms with E-state index in [0.29, 0.717) is 25.1 Å². The predicted octanol–water partition coefficient (Wildman–Crippen LogP) is 3.66. The molecule has 1 aliphatic rings. The maximum Gasteiger partial charge on any atom is 0.191 e. The van der Waals surface area contributed by atoms with Crippen molar-refractivity contribution in [2.45, 2.75) is 31.8 Å². The molecule has 2 heterocycles. The lowest BCUT2D eigenvalue weighted by Gasteiger charge is -2.21. The first-order chi connectivity index (χ1) is 11.8. The van der Waals surface area contributed by atoms with Crippen LogP contribution in [0.1, 0.15) is 23.5 Å². The van der Waals surface area contributed by atoms with E-state index in [9.17, 15) is 0 Å². The minimum Gasteiger partial charge on any atom is -0.469 e. The number of nitrogens with zero attached hydrogens (tertiary/aromatic N) is 1. The van der Waals surface area contributed by atoms with Crippen molar-refractivity contribution in [2.24, 2.45) is 10.9 Å². The smallest absolute Gasteiger partial charge is 0.191 e. The van der Waals surface area contributed by atoms with Gasteiger partial charge < -0.3 is 19.8 Å². The van der Waals surface area contributed by atoms with Crippen LogP contribution < -0.4 is 10.6 Å². The maximum absolute atomic E-state index is 5.38. The van der Waals surface area contributed by atoms with Gasteiger partial charge in [0.1, 0.15) is 5.76 Å². The van der Waals surface area contributed by atoms with Gasteiger partial charge in [-0.25, -0.2) is 4.99 Å². The standard InChI is InChI=1S/C18H25N3O2S.HI/c1-22-13-17(14-6-7-14)21-18(20-12-16-5-3-11-24-16)19-9-8-15-4-2-10-23-15;/h2-5,10-11,14,17H,6-9,12-13H2,1H3,(H2,19,20,21);1H. The van der Waals surface area contributed by atoms with E-state index in [1.807, 2.05) is 12.1 Å². The van der Waals surface area contributed by atoms with Gasteiger partial charge in [0.2, 0.25) is 0 Å². The Morgan fingerprint density at radius 1 is 1.40 bits per heavy atom. The fourth-order valence-corrected chi connectivity index (χ4v) is 3.25. The summed E-state index contributed by atoms with van der Waals surface area (Å²) in [5.74, 6) is 2.53. The number of rotatable bonds is 9. The molecule has 7 heteroatoms. The Hall–Kier alpha value is -1.06. The topological polar surface area (TPSA) is 58.8 Å². The summed E-state index contributed by atoms with van der Waals surface area (Å²) < 4.78 is 10.7. The zero-order valence-electron chi connectivity index (χ0n) is 14.4. The second kappa shape index (κ2) is 10.8. The third-order valence-electron chi connectivity index (χ3n) is 4.08. The summed E-state index contributed by atoms with van der Waals surface area (Å²) in [5, 5.41) is 9.05. The van der Waals surface area contributed by atoms with Crippen LogP contribution in [0.4, 0.5) is 0 Å². The number of methoxy groups -OCH3 is 1. The van der Waals surface area contributed by atoms with Crippen molar-refractivity contribution in [1.29, 1.82) is 0 Å². The van der Waals surface area contributed by atoms with Crippen LogP contribution in [0.2, 0.25) is 0 Å². The van der Waals surface area contributed by atoms with Crippen molar-refractivity contribution in [3.8, 4) is 0 Å². The van der Waals surface area contributed by atoms with E-state index in [-0.39, 0.29) is 24.0 Å². The number of furan rings is 1. The second-order valence-corrected chi connectivity index (χ2v) is 7.08. The van der Waals surface area contributed by atoms with Gasteiger partial charge in [0, 0.05) is 25.0 Å². The first-order valence-electron chi connectivity index (χ1n) is 8.43. The largest absolute Gasteiger partial charge is 0.469 e. The summed E-state index contributed by atoms with van der Waals surface area (Å²) in [6, 6.07) is 8.41. The molecular weight excluding hydrogens is 449 g/mol. The van der Waals surface area contributed by atoms with E-state index in [2.05, 4.69) is 28.1 Å². The zero-order valence-corrected chi connectivity index (χ0v) is 17.6. The molecule has 0 aromatic carbocycles. The molecule has 138 valence electrons. The molecular formula is C18H26IN3O2S. The molecule has 1 fully saturated rings. The summed E-state index contributed by atoms with van der Waals surface area (Å²) in [6.45, 7) is 2.19. The van der Waals surface area contributed by atoms with Crippen LogP contribution >= 0.6 is 35.3 Å². The van der Waals surface area contributed by atoms with Crippen molar-refractivity contribution >= 4 is 41.3 Å². The Balaban J connectivity index is 0.00000225. The van der Waals surface area contributed by atoms with Gasteiger partial charge >= 0.3 is 0 Å². The highest BCUT2D eigenvalue weighted by molar-refractivity contribution is 14.0. The van der Waals surface area contributed by atoms with E-state index in [1.54, 1.807) is 24.7 Å². The lowest BCUT2D eigenvalue weighted by atomic mass is 10.2. The van der Waals surface area contributed by atoms with Gasteiger partial charge in [0.25, 0.3) is 0 Å². The van der Waals surface area contributed by atoms with Crippen molar-refractivity contribution in [3.63, 3.8) is 0 Å². The van der Waals surface area contributed by atoms with Gasteiger partial charge in [0.15, 0.2) is 5.96 Å². The fourth-order valence-electron chi connectivity index (χ4n) is 2.62. The summed E-state index contributed by atoms with van der Waals surface area (Å²) in [5.41, 5.74) is 0. The fraction of sp³-hybridized carbons (Fsp3) is 0.500. The van der Waals surface area contributed by atoms with E-state index in [1.165, 1.54) is 17.7 Å². The molecule has 0 spiro atoms. The van der Waals surface area contributed by atoms with Crippen LogP contribution in [0, 0.1) is 5.92 Å². The van der Waals surface area contributed by atoms with Crippen LogP contribution in [0.15, 0.2) is 45.3 Å². The maximum atomic E-state index is 5.38. The summed E-state index contributed by atoms with van der Waals surface area (Å²) in [7, 11) is 1.75. The van der Waals surface area contributed by atoms with E-state index < -0.39 is 0 Å².